The Hall–Kier alpha value is -1.36. The summed E-state index contributed by atoms with van der Waals surface area (Å²) in [7, 11) is 1.87. The van der Waals surface area contributed by atoms with Crippen LogP contribution in [0.3, 0.4) is 0 Å². The summed E-state index contributed by atoms with van der Waals surface area (Å²) in [5, 5.41) is 7.29. The molecule has 1 aliphatic rings. The third-order valence-corrected chi connectivity index (χ3v) is 4.12. The predicted molar refractivity (Wildman–Crippen MR) is 79.9 cm³/mol. The Morgan fingerprint density at radius 1 is 1.25 bits per heavy atom. The van der Waals surface area contributed by atoms with Crippen molar-refractivity contribution in [3.05, 3.63) is 17.0 Å². The first kappa shape index (κ1) is 15.0. The average Bonchev–Trinajstić information content (AvgIpc) is 2.99. The Labute approximate surface area is 121 Å². The Morgan fingerprint density at radius 3 is 2.55 bits per heavy atom. The molecule has 0 unspecified atom stereocenters. The summed E-state index contributed by atoms with van der Waals surface area (Å²) in [4.78, 5) is 14.7. The van der Waals surface area contributed by atoms with Gasteiger partial charge < -0.3 is 10.2 Å². The molecule has 20 heavy (non-hydrogen) atoms. The third-order valence-electron chi connectivity index (χ3n) is 4.12. The summed E-state index contributed by atoms with van der Waals surface area (Å²) in [6.07, 6.45) is 4.89. The van der Waals surface area contributed by atoms with Gasteiger partial charge in [-0.25, -0.2) is 0 Å². The lowest BCUT2D eigenvalue weighted by Crippen LogP contribution is -2.27. The molecule has 0 aromatic carbocycles. The molecule has 1 aromatic heterocycles. The lowest BCUT2D eigenvalue weighted by atomic mass is 10.2. The molecule has 0 bridgehead atoms. The first-order chi connectivity index (χ1) is 9.59. The molecule has 1 fully saturated rings. The van der Waals surface area contributed by atoms with Crippen molar-refractivity contribution in [2.45, 2.75) is 39.5 Å². The van der Waals surface area contributed by atoms with Crippen LogP contribution in [0.15, 0.2) is 0 Å². The number of unbranched alkanes of at least 4 members (excludes halogenated alkanes) is 1. The molecule has 0 atom stereocenters. The van der Waals surface area contributed by atoms with Crippen molar-refractivity contribution in [3.63, 3.8) is 0 Å². The summed E-state index contributed by atoms with van der Waals surface area (Å²) in [6.45, 7) is 8.24. The number of carbonyl (C=O) groups is 1. The molecule has 0 spiro atoms. The fraction of sp³-hybridized carbons (Fsp3) is 0.733. The van der Waals surface area contributed by atoms with Crippen molar-refractivity contribution >= 4 is 5.91 Å². The highest BCUT2D eigenvalue weighted by Gasteiger charge is 2.16. The fourth-order valence-electron chi connectivity index (χ4n) is 2.86. The van der Waals surface area contributed by atoms with Crippen molar-refractivity contribution < 1.29 is 4.79 Å². The maximum absolute atomic E-state index is 12.1. The topological polar surface area (TPSA) is 50.2 Å². The van der Waals surface area contributed by atoms with Crippen LogP contribution in [0.25, 0.3) is 0 Å². The maximum atomic E-state index is 12.1. The minimum Gasteiger partial charge on any atom is -0.352 e. The molecule has 5 heteroatoms. The predicted octanol–water partition coefficient (Wildman–Crippen LogP) is 1.64. The second-order valence-corrected chi connectivity index (χ2v) is 5.68. The molecule has 112 valence electrons. The van der Waals surface area contributed by atoms with E-state index in [-0.39, 0.29) is 5.91 Å². The van der Waals surface area contributed by atoms with Gasteiger partial charge in [-0.1, -0.05) is 0 Å². The quantitative estimate of drug-likeness (QED) is 0.805. The van der Waals surface area contributed by atoms with Crippen molar-refractivity contribution in [1.82, 2.24) is 20.0 Å². The molecule has 1 N–H and O–H groups in total. The third kappa shape index (κ3) is 3.60. The van der Waals surface area contributed by atoms with Gasteiger partial charge in [-0.05, 0) is 59.2 Å². The normalized spacial score (nSPS) is 15.8. The van der Waals surface area contributed by atoms with Crippen molar-refractivity contribution in [3.8, 4) is 0 Å². The van der Waals surface area contributed by atoms with Crippen molar-refractivity contribution in [2.24, 2.45) is 7.05 Å². The summed E-state index contributed by atoms with van der Waals surface area (Å²) in [5.74, 6) is 0.00859. The lowest BCUT2D eigenvalue weighted by molar-refractivity contribution is 0.0951. The number of amides is 1. The van der Waals surface area contributed by atoms with Gasteiger partial charge in [0.15, 0.2) is 0 Å². The molecule has 2 heterocycles. The molecule has 1 aliphatic heterocycles. The van der Waals surface area contributed by atoms with Crippen LogP contribution in [0.4, 0.5) is 0 Å². The fourth-order valence-corrected chi connectivity index (χ4v) is 2.86. The Balaban J connectivity index is 1.69. The smallest absolute Gasteiger partial charge is 0.255 e. The van der Waals surface area contributed by atoms with Gasteiger partial charge in [-0.2, -0.15) is 5.10 Å². The Morgan fingerprint density at radius 2 is 1.95 bits per heavy atom. The minimum atomic E-state index is 0.00859. The van der Waals surface area contributed by atoms with Crippen molar-refractivity contribution in [2.75, 3.05) is 26.2 Å². The SMILES string of the molecule is Cc1nn(C)c(C)c1C(=O)NCCCCN1CCCC1. The van der Waals surface area contributed by atoms with E-state index < -0.39 is 0 Å². The van der Waals surface area contributed by atoms with E-state index >= 15 is 0 Å². The van der Waals surface area contributed by atoms with Gasteiger partial charge in [0, 0.05) is 19.3 Å². The lowest BCUT2D eigenvalue weighted by Gasteiger charge is -2.14. The highest BCUT2D eigenvalue weighted by atomic mass is 16.1. The van der Waals surface area contributed by atoms with E-state index in [2.05, 4.69) is 15.3 Å². The standard InChI is InChI=1S/C15H26N4O/c1-12-14(13(2)18(3)17-12)15(20)16-8-4-5-9-19-10-6-7-11-19/h4-11H2,1-3H3,(H,16,20). The number of aryl methyl sites for hydroxylation is 2. The van der Waals surface area contributed by atoms with Gasteiger partial charge in [-0.15, -0.1) is 0 Å². The first-order valence-corrected chi connectivity index (χ1v) is 7.60. The number of nitrogens with one attached hydrogen (secondary N) is 1. The van der Waals surface area contributed by atoms with Crippen LogP contribution >= 0.6 is 0 Å². The largest absolute Gasteiger partial charge is 0.352 e. The first-order valence-electron chi connectivity index (χ1n) is 7.60. The van der Waals surface area contributed by atoms with Crippen LogP contribution in [0.2, 0.25) is 0 Å². The van der Waals surface area contributed by atoms with E-state index in [1.807, 2.05) is 20.9 Å². The van der Waals surface area contributed by atoms with Crippen LogP contribution in [0.1, 0.15) is 47.4 Å². The van der Waals surface area contributed by atoms with E-state index in [1.54, 1.807) is 4.68 Å². The van der Waals surface area contributed by atoms with E-state index in [0.29, 0.717) is 0 Å². The summed E-state index contributed by atoms with van der Waals surface area (Å²) < 4.78 is 1.76. The molecule has 1 saturated heterocycles. The Bertz CT molecular complexity index is 461. The van der Waals surface area contributed by atoms with Gasteiger partial charge in [0.2, 0.25) is 0 Å². The second kappa shape index (κ2) is 6.88. The van der Waals surface area contributed by atoms with Gasteiger partial charge >= 0.3 is 0 Å². The molecule has 0 radical (unpaired) electrons. The molecule has 1 aromatic rings. The summed E-state index contributed by atoms with van der Waals surface area (Å²) in [5.41, 5.74) is 2.46. The minimum absolute atomic E-state index is 0.00859. The van der Waals surface area contributed by atoms with E-state index in [9.17, 15) is 4.79 Å². The van der Waals surface area contributed by atoms with Gasteiger partial charge in [0.05, 0.1) is 11.3 Å². The number of hydrogen-bond acceptors (Lipinski definition) is 3. The van der Waals surface area contributed by atoms with Crippen LogP contribution < -0.4 is 5.32 Å². The van der Waals surface area contributed by atoms with E-state index in [4.69, 9.17) is 0 Å². The summed E-state index contributed by atoms with van der Waals surface area (Å²) in [6, 6.07) is 0. The molecular formula is C15H26N4O. The second-order valence-electron chi connectivity index (χ2n) is 5.68. The number of aromatic nitrogens is 2. The molecule has 2 rings (SSSR count). The highest BCUT2D eigenvalue weighted by Crippen LogP contribution is 2.11. The molecular weight excluding hydrogens is 252 g/mol. The average molecular weight is 278 g/mol. The zero-order valence-electron chi connectivity index (χ0n) is 12.9. The van der Waals surface area contributed by atoms with Gasteiger partial charge in [0.25, 0.3) is 5.91 Å². The zero-order chi connectivity index (χ0) is 14.5. The molecule has 5 nitrogen and oxygen atoms in total. The monoisotopic (exact) mass is 278 g/mol. The number of rotatable bonds is 6. The van der Waals surface area contributed by atoms with Crippen LogP contribution in [-0.2, 0) is 7.05 Å². The van der Waals surface area contributed by atoms with Gasteiger partial charge in [0.1, 0.15) is 0 Å². The van der Waals surface area contributed by atoms with Crippen LogP contribution in [-0.4, -0.2) is 46.8 Å². The Kier molecular flexibility index (Phi) is 5.17. The van der Waals surface area contributed by atoms with E-state index in [0.717, 1.165) is 36.3 Å². The van der Waals surface area contributed by atoms with Crippen molar-refractivity contribution in [1.29, 1.82) is 0 Å². The molecule has 0 saturated carbocycles. The van der Waals surface area contributed by atoms with E-state index in [1.165, 1.54) is 32.5 Å². The van der Waals surface area contributed by atoms with Crippen LogP contribution in [0, 0.1) is 13.8 Å². The maximum Gasteiger partial charge on any atom is 0.255 e. The number of carbonyl (C=O) groups excluding carboxylic acids is 1. The molecule has 1 amide bonds. The number of nitrogens with zero attached hydrogens (tertiary/aromatic N) is 3. The zero-order valence-corrected chi connectivity index (χ0v) is 12.9. The van der Waals surface area contributed by atoms with Crippen LogP contribution in [0.5, 0.6) is 0 Å². The number of hydrogen-bond donors (Lipinski definition) is 1. The highest BCUT2D eigenvalue weighted by molar-refractivity contribution is 5.96. The summed E-state index contributed by atoms with van der Waals surface area (Å²) >= 11 is 0. The number of likely N-dealkylation sites (tertiary alicyclic amines) is 1. The molecule has 0 aliphatic carbocycles. The van der Waals surface area contributed by atoms with Gasteiger partial charge in [-0.3, -0.25) is 9.48 Å².